The van der Waals surface area contributed by atoms with Crippen molar-refractivity contribution in [3.63, 3.8) is 0 Å². The van der Waals surface area contributed by atoms with E-state index < -0.39 is 6.36 Å². The molecule has 0 heterocycles. The largest absolute Gasteiger partial charge is 0.573 e. The molecule has 1 amide bonds. The van der Waals surface area contributed by atoms with E-state index in [0.29, 0.717) is 18.7 Å². The summed E-state index contributed by atoms with van der Waals surface area (Å²) < 4.78 is 40.3. The smallest absolute Gasteiger partial charge is 0.406 e. The molecule has 0 radical (unpaired) electrons. The van der Waals surface area contributed by atoms with Gasteiger partial charge in [-0.2, -0.15) is 0 Å². The molecule has 2 aromatic carbocycles. The number of rotatable bonds is 6. The highest BCUT2D eigenvalue weighted by atomic mass is 19.4. The Morgan fingerprint density at radius 1 is 1.04 bits per heavy atom. The number of carbonyl (C=O) groups excluding carboxylic acids is 1. The average Bonchev–Trinajstić information content (AvgIpc) is 2.54. The van der Waals surface area contributed by atoms with Crippen molar-refractivity contribution in [1.29, 1.82) is 0 Å². The van der Waals surface area contributed by atoms with Crippen LogP contribution in [0.4, 0.5) is 13.2 Å². The van der Waals surface area contributed by atoms with E-state index in [0.717, 1.165) is 24.1 Å². The van der Waals surface area contributed by atoms with Gasteiger partial charge in [0.05, 0.1) is 0 Å². The van der Waals surface area contributed by atoms with Gasteiger partial charge in [-0.25, -0.2) is 0 Å². The molecule has 0 unspecified atom stereocenters. The molecule has 0 fully saturated rings. The fraction of sp³-hybridized carbons (Fsp3) is 0.278. The highest BCUT2D eigenvalue weighted by molar-refractivity contribution is 5.94. The van der Waals surface area contributed by atoms with Crippen LogP contribution < -0.4 is 4.74 Å². The molecule has 0 N–H and O–H groups in total. The van der Waals surface area contributed by atoms with Crippen LogP contribution in [0.3, 0.4) is 0 Å². The number of nitrogens with zero attached hydrogens (tertiary/aromatic N) is 1. The van der Waals surface area contributed by atoms with Gasteiger partial charge in [0.15, 0.2) is 0 Å². The molecular formula is C18H18F3NO2. The lowest BCUT2D eigenvalue weighted by atomic mass is 10.1. The third-order valence-electron chi connectivity index (χ3n) is 3.33. The summed E-state index contributed by atoms with van der Waals surface area (Å²) in [5.41, 5.74) is 1.32. The van der Waals surface area contributed by atoms with Gasteiger partial charge in [-0.05, 0) is 36.2 Å². The Morgan fingerprint density at radius 2 is 1.67 bits per heavy atom. The molecule has 0 bridgehead atoms. The van der Waals surface area contributed by atoms with Gasteiger partial charge in [0.2, 0.25) is 0 Å². The maximum atomic E-state index is 12.6. The first-order valence-electron chi connectivity index (χ1n) is 7.58. The number of ether oxygens (including phenoxy) is 1. The fourth-order valence-corrected chi connectivity index (χ4v) is 2.31. The highest BCUT2D eigenvalue weighted by Gasteiger charge is 2.31. The lowest BCUT2D eigenvalue weighted by Gasteiger charge is -2.22. The lowest BCUT2D eigenvalue weighted by Crippen LogP contribution is -2.31. The van der Waals surface area contributed by atoms with Gasteiger partial charge in [0.25, 0.3) is 5.91 Å². The van der Waals surface area contributed by atoms with Gasteiger partial charge in [-0.3, -0.25) is 4.79 Å². The summed E-state index contributed by atoms with van der Waals surface area (Å²) in [4.78, 5) is 14.3. The van der Waals surface area contributed by atoms with Crippen LogP contribution in [0.15, 0.2) is 54.6 Å². The minimum atomic E-state index is -4.74. The maximum absolute atomic E-state index is 12.6. The summed E-state index contributed by atoms with van der Waals surface area (Å²) in [6, 6.07) is 14.5. The highest BCUT2D eigenvalue weighted by Crippen LogP contribution is 2.23. The minimum Gasteiger partial charge on any atom is -0.406 e. The normalized spacial score (nSPS) is 11.2. The molecule has 24 heavy (non-hydrogen) atoms. The first kappa shape index (κ1) is 17.8. The van der Waals surface area contributed by atoms with Gasteiger partial charge in [0, 0.05) is 18.7 Å². The Bertz CT molecular complexity index is 654. The standard InChI is InChI=1S/C18H18F3NO2/c1-2-12-22(13-14-6-4-3-5-7-14)17(23)15-8-10-16(11-9-15)24-18(19,20)21/h3-11H,2,12-13H2,1H3. The fourth-order valence-electron chi connectivity index (χ4n) is 2.31. The number of halogens is 3. The molecule has 6 heteroatoms. The first-order chi connectivity index (χ1) is 11.4. The van der Waals surface area contributed by atoms with Crippen LogP contribution in [0, 0.1) is 0 Å². The van der Waals surface area contributed by atoms with Crippen molar-refractivity contribution >= 4 is 5.91 Å². The van der Waals surface area contributed by atoms with Crippen LogP contribution in [-0.4, -0.2) is 23.7 Å². The zero-order valence-electron chi connectivity index (χ0n) is 13.2. The second kappa shape index (κ2) is 7.86. The Kier molecular flexibility index (Phi) is 5.84. The van der Waals surface area contributed by atoms with E-state index in [9.17, 15) is 18.0 Å². The van der Waals surface area contributed by atoms with E-state index in [1.165, 1.54) is 12.1 Å². The van der Waals surface area contributed by atoms with Crippen molar-refractivity contribution in [2.45, 2.75) is 26.3 Å². The molecule has 0 atom stereocenters. The molecule has 0 aromatic heterocycles. The van der Waals surface area contributed by atoms with Crippen LogP contribution in [-0.2, 0) is 6.54 Å². The minimum absolute atomic E-state index is 0.223. The Balaban J connectivity index is 2.11. The van der Waals surface area contributed by atoms with Gasteiger partial charge in [-0.1, -0.05) is 37.3 Å². The molecule has 0 spiro atoms. The van der Waals surface area contributed by atoms with Crippen molar-refractivity contribution in [3.05, 3.63) is 65.7 Å². The molecular weight excluding hydrogens is 319 g/mol. The first-order valence-corrected chi connectivity index (χ1v) is 7.58. The van der Waals surface area contributed by atoms with E-state index >= 15 is 0 Å². The lowest BCUT2D eigenvalue weighted by molar-refractivity contribution is -0.274. The number of hydrogen-bond donors (Lipinski definition) is 0. The zero-order chi connectivity index (χ0) is 17.6. The number of hydrogen-bond acceptors (Lipinski definition) is 2. The van der Waals surface area contributed by atoms with Crippen molar-refractivity contribution in [2.75, 3.05) is 6.54 Å². The monoisotopic (exact) mass is 337 g/mol. The van der Waals surface area contributed by atoms with Crippen molar-refractivity contribution in [2.24, 2.45) is 0 Å². The van der Waals surface area contributed by atoms with Crippen LogP contribution in [0.1, 0.15) is 29.3 Å². The molecule has 3 nitrogen and oxygen atoms in total. The summed E-state index contributed by atoms with van der Waals surface area (Å²) in [6.45, 7) is 2.98. The molecule has 0 aliphatic heterocycles. The average molecular weight is 337 g/mol. The van der Waals surface area contributed by atoms with E-state index in [1.54, 1.807) is 4.90 Å². The van der Waals surface area contributed by atoms with Gasteiger partial charge in [-0.15, -0.1) is 13.2 Å². The van der Waals surface area contributed by atoms with E-state index in [2.05, 4.69) is 4.74 Å². The van der Waals surface area contributed by atoms with Crippen molar-refractivity contribution < 1.29 is 22.7 Å². The van der Waals surface area contributed by atoms with Crippen molar-refractivity contribution in [1.82, 2.24) is 4.90 Å². The summed E-state index contributed by atoms with van der Waals surface area (Å²) in [5, 5.41) is 0. The third kappa shape index (κ3) is 5.30. The SMILES string of the molecule is CCCN(Cc1ccccc1)C(=O)c1ccc(OC(F)(F)F)cc1. The van der Waals surface area contributed by atoms with Gasteiger partial charge >= 0.3 is 6.36 Å². The number of benzene rings is 2. The topological polar surface area (TPSA) is 29.5 Å². The summed E-state index contributed by atoms with van der Waals surface area (Å²) in [5.74, 6) is -0.566. The second-order valence-corrected chi connectivity index (χ2v) is 5.28. The second-order valence-electron chi connectivity index (χ2n) is 5.28. The molecule has 0 aliphatic rings. The molecule has 128 valence electrons. The van der Waals surface area contributed by atoms with Crippen LogP contribution >= 0.6 is 0 Å². The Hall–Kier alpha value is -2.50. The molecule has 2 rings (SSSR count). The molecule has 0 aliphatic carbocycles. The Morgan fingerprint density at radius 3 is 2.21 bits per heavy atom. The zero-order valence-corrected chi connectivity index (χ0v) is 13.2. The third-order valence-corrected chi connectivity index (χ3v) is 3.33. The van der Waals surface area contributed by atoms with Gasteiger partial charge in [0.1, 0.15) is 5.75 Å². The summed E-state index contributed by atoms with van der Waals surface area (Å²) in [6.07, 6.45) is -3.96. The van der Waals surface area contributed by atoms with Crippen LogP contribution in [0.25, 0.3) is 0 Å². The van der Waals surface area contributed by atoms with E-state index in [1.807, 2.05) is 37.3 Å². The van der Waals surface area contributed by atoms with Crippen LogP contribution in [0.2, 0.25) is 0 Å². The molecule has 0 saturated heterocycles. The number of amides is 1. The van der Waals surface area contributed by atoms with Crippen LogP contribution in [0.5, 0.6) is 5.75 Å². The van der Waals surface area contributed by atoms with E-state index in [-0.39, 0.29) is 11.7 Å². The number of carbonyl (C=O) groups is 1. The van der Waals surface area contributed by atoms with E-state index in [4.69, 9.17) is 0 Å². The summed E-state index contributed by atoms with van der Waals surface area (Å²) in [7, 11) is 0. The number of alkyl halides is 3. The molecule has 2 aromatic rings. The molecule has 0 saturated carbocycles. The maximum Gasteiger partial charge on any atom is 0.573 e. The summed E-state index contributed by atoms with van der Waals surface area (Å²) >= 11 is 0. The Labute approximate surface area is 138 Å². The predicted octanol–water partition coefficient (Wildman–Crippen LogP) is 4.64. The van der Waals surface area contributed by atoms with Gasteiger partial charge < -0.3 is 9.64 Å². The van der Waals surface area contributed by atoms with Crippen molar-refractivity contribution in [3.8, 4) is 5.75 Å². The quantitative estimate of drug-likeness (QED) is 0.769. The predicted molar refractivity (Wildman–Crippen MR) is 84.6 cm³/mol.